The van der Waals surface area contributed by atoms with Crippen molar-refractivity contribution in [2.45, 2.75) is 32.9 Å². The number of nitrogens with one attached hydrogen (secondary N) is 1. The number of anilines is 1. The molecular weight excluding hydrogens is 286 g/mol. The van der Waals surface area contributed by atoms with Gasteiger partial charge in [0.15, 0.2) is 0 Å². The van der Waals surface area contributed by atoms with Crippen molar-refractivity contribution in [3.63, 3.8) is 0 Å². The number of ether oxygens (including phenoxy) is 1. The molecule has 2 atom stereocenters. The van der Waals surface area contributed by atoms with Crippen LogP contribution in [0, 0.1) is 17.0 Å². The molecule has 0 bridgehead atoms. The highest BCUT2D eigenvalue weighted by molar-refractivity contribution is 5.95. The van der Waals surface area contributed by atoms with Gasteiger partial charge in [0.1, 0.15) is 5.69 Å². The van der Waals surface area contributed by atoms with E-state index < -0.39 is 4.92 Å². The summed E-state index contributed by atoms with van der Waals surface area (Å²) in [5, 5.41) is 13.7. The van der Waals surface area contributed by atoms with E-state index in [2.05, 4.69) is 5.32 Å². The van der Waals surface area contributed by atoms with E-state index in [0.29, 0.717) is 18.7 Å². The van der Waals surface area contributed by atoms with Gasteiger partial charge in [-0.3, -0.25) is 19.8 Å². The lowest BCUT2D eigenvalue weighted by atomic mass is 10.1. The van der Waals surface area contributed by atoms with Gasteiger partial charge in [0.2, 0.25) is 5.91 Å². The van der Waals surface area contributed by atoms with Crippen molar-refractivity contribution in [1.29, 1.82) is 0 Å². The first-order chi connectivity index (χ1) is 10.4. The summed E-state index contributed by atoms with van der Waals surface area (Å²) in [5.41, 5.74) is 0.856. The number of nitro groups is 1. The monoisotopic (exact) mass is 307 g/mol. The van der Waals surface area contributed by atoms with Crippen molar-refractivity contribution in [2.75, 3.05) is 25.0 Å². The van der Waals surface area contributed by atoms with Gasteiger partial charge in [0.05, 0.1) is 24.2 Å². The Labute approximate surface area is 129 Å². The fourth-order valence-electron chi connectivity index (χ4n) is 2.52. The van der Waals surface area contributed by atoms with E-state index in [-0.39, 0.29) is 36.0 Å². The molecule has 1 N–H and O–H groups in total. The highest BCUT2D eigenvalue weighted by Crippen LogP contribution is 2.27. The number of rotatable bonds is 4. The molecule has 1 aromatic rings. The number of nitro benzene ring substituents is 1. The van der Waals surface area contributed by atoms with Crippen LogP contribution in [0.3, 0.4) is 0 Å². The summed E-state index contributed by atoms with van der Waals surface area (Å²) in [5.74, 6) is -0.252. The quantitative estimate of drug-likeness (QED) is 0.679. The van der Waals surface area contributed by atoms with E-state index in [0.717, 1.165) is 0 Å². The summed E-state index contributed by atoms with van der Waals surface area (Å²) >= 11 is 0. The molecule has 2 unspecified atom stereocenters. The smallest absolute Gasteiger partial charge is 0.293 e. The number of amides is 1. The Bertz CT molecular complexity index is 576. The molecule has 1 aliphatic rings. The number of carbonyl (C=O) groups is 1. The molecule has 7 heteroatoms. The van der Waals surface area contributed by atoms with Crippen LogP contribution in [0.2, 0.25) is 0 Å². The predicted molar refractivity (Wildman–Crippen MR) is 82.9 cm³/mol. The van der Waals surface area contributed by atoms with Crippen LogP contribution < -0.4 is 5.32 Å². The molecule has 0 aromatic heterocycles. The van der Waals surface area contributed by atoms with Crippen LogP contribution in [-0.2, 0) is 9.53 Å². The van der Waals surface area contributed by atoms with Gasteiger partial charge in [0.25, 0.3) is 5.69 Å². The van der Waals surface area contributed by atoms with E-state index in [1.165, 1.54) is 6.07 Å². The lowest BCUT2D eigenvalue weighted by molar-refractivity contribution is -0.384. The van der Waals surface area contributed by atoms with Gasteiger partial charge >= 0.3 is 0 Å². The third-order valence-corrected chi connectivity index (χ3v) is 3.80. The van der Waals surface area contributed by atoms with Crippen LogP contribution in [0.15, 0.2) is 18.2 Å². The number of carbonyl (C=O) groups excluding carboxylic acids is 1. The third-order valence-electron chi connectivity index (χ3n) is 3.80. The maximum atomic E-state index is 12.2. The van der Waals surface area contributed by atoms with E-state index in [4.69, 9.17) is 4.74 Å². The molecule has 0 saturated carbocycles. The lowest BCUT2D eigenvalue weighted by Gasteiger charge is -2.36. The molecule has 1 aromatic carbocycles. The predicted octanol–water partition coefficient (Wildman–Crippen LogP) is 1.95. The molecule has 120 valence electrons. The van der Waals surface area contributed by atoms with Crippen molar-refractivity contribution in [3.05, 3.63) is 33.9 Å². The first kappa shape index (κ1) is 16.4. The van der Waals surface area contributed by atoms with Gasteiger partial charge in [-0.1, -0.05) is 12.1 Å². The first-order valence-corrected chi connectivity index (χ1v) is 7.28. The summed E-state index contributed by atoms with van der Waals surface area (Å²) in [6.07, 6.45) is 0.0804. The maximum absolute atomic E-state index is 12.2. The Morgan fingerprint density at radius 1 is 1.50 bits per heavy atom. The average Bonchev–Trinajstić information content (AvgIpc) is 2.44. The van der Waals surface area contributed by atoms with Gasteiger partial charge in [-0.15, -0.1) is 0 Å². The second-order valence-electron chi connectivity index (χ2n) is 5.70. The van der Waals surface area contributed by atoms with E-state index in [9.17, 15) is 14.9 Å². The number of aryl methyl sites for hydroxylation is 1. The summed E-state index contributed by atoms with van der Waals surface area (Å²) in [6, 6.07) is 4.88. The Kier molecular flexibility index (Phi) is 5.10. The van der Waals surface area contributed by atoms with Gasteiger partial charge in [-0.2, -0.15) is 0 Å². The van der Waals surface area contributed by atoms with Gasteiger partial charge in [-0.25, -0.2) is 0 Å². The number of para-hydroxylation sites is 1. The molecule has 1 fully saturated rings. The normalized spacial score (nSPS) is 22.3. The minimum Gasteiger partial charge on any atom is -0.376 e. The van der Waals surface area contributed by atoms with Crippen LogP contribution in [0.4, 0.5) is 11.4 Å². The van der Waals surface area contributed by atoms with Gasteiger partial charge in [-0.05, 0) is 26.3 Å². The third kappa shape index (κ3) is 3.80. The van der Waals surface area contributed by atoms with E-state index >= 15 is 0 Å². The molecule has 0 spiro atoms. The molecule has 0 aliphatic carbocycles. The molecular formula is C15H21N3O4. The van der Waals surface area contributed by atoms with Crippen LogP contribution >= 0.6 is 0 Å². The summed E-state index contributed by atoms with van der Waals surface area (Å²) in [6.45, 7) is 7.14. The van der Waals surface area contributed by atoms with Crippen LogP contribution in [0.1, 0.15) is 19.4 Å². The van der Waals surface area contributed by atoms with Crippen molar-refractivity contribution < 1.29 is 14.5 Å². The molecule has 7 nitrogen and oxygen atoms in total. The number of nitrogens with zero attached hydrogens (tertiary/aromatic N) is 2. The minimum absolute atomic E-state index is 0.0804. The second kappa shape index (κ2) is 6.85. The molecule has 1 saturated heterocycles. The highest BCUT2D eigenvalue weighted by Gasteiger charge is 2.26. The van der Waals surface area contributed by atoms with Crippen LogP contribution in [-0.4, -0.2) is 47.6 Å². The average molecular weight is 307 g/mol. The zero-order valence-electron chi connectivity index (χ0n) is 13.0. The van der Waals surface area contributed by atoms with Crippen molar-refractivity contribution in [1.82, 2.24) is 4.90 Å². The zero-order chi connectivity index (χ0) is 16.3. The molecule has 1 aliphatic heterocycles. The second-order valence-corrected chi connectivity index (χ2v) is 5.70. The molecule has 1 heterocycles. The standard InChI is InChI=1S/C15H21N3O4/c1-10-5-4-6-13(18(20)21)15(10)16-14(19)8-17-7-12(3)22-9-11(17)2/h4-6,11-12H,7-9H2,1-3H3,(H,16,19). The SMILES string of the molecule is Cc1cccc([N+](=O)[O-])c1NC(=O)CN1CC(C)OCC1C. The Morgan fingerprint density at radius 2 is 2.23 bits per heavy atom. The minimum atomic E-state index is -0.484. The summed E-state index contributed by atoms with van der Waals surface area (Å²) in [7, 11) is 0. The number of morpholine rings is 1. The van der Waals surface area contributed by atoms with Crippen molar-refractivity contribution in [2.24, 2.45) is 0 Å². The molecule has 1 amide bonds. The zero-order valence-corrected chi connectivity index (χ0v) is 13.0. The van der Waals surface area contributed by atoms with E-state index in [1.807, 2.05) is 18.7 Å². The first-order valence-electron chi connectivity index (χ1n) is 7.28. The van der Waals surface area contributed by atoms with Crippen LogP contribution in [0.25, 0.3) is 0 Å². The van der Waals surface area contributed by atoms with E-state index in [1.54, 1.807) is 19.1 Å². The van der Waals surface area contributed by atoms with Gasteiger partial charge < -0.3 is 10.1 Å². The Morgan fingerprint density at radius 3 is 2.91 bits per heavy atom. The number of benzene rings is 1. The summed E-state index contributed by atoms with van der Waals surface area (Å²) < 4.78 is 5.53. The number of hydrogen-bond donors (Lipinski definition) is 1. The Hall–Kier alpha value is -1.99. The molecule has 0 radical (unpaired) electrons. The largest absolute Gasteiger partial charge is 0.376 e. The van der Waals surface area contributed by atoms with Crippen LogP contribution in [0.5, 0.6) is 0 Å². The van der Waals surface area contributed by atoms with Crippen molar-refractivity contribution in [3.8, 4) is 0 Å². The fraction of sp³-hybridized carbons (Fsp3) is 0.533. The van der Waals surface area contributed by atoms with Crippen molar-refractivity contribution >= 4 is 17.3 Å². The maximum Gasteiger partial charge on any atom is 0.293 e. The fourth-order valence-corrected chi connectivity index (χ4v) is 2.52. The highest BCUT2D eigenvalue weighted by atomic mass is 16.6. The lowest BCUT2D eigenvalue weighted by Crippen LogP contribution is -2.50. The topological polar surface area (TPSA) is 84.7 Å². The van der Waals surface area contributed by atoms with Gasteiger partial charge in [0, 0.05) is 18.7 Å². The molecule has 22 heavy (non-hydrogen) atoms. The summed E-state index contributed by atoms with van der Waals surface area (Å²) in [4.78, 5) is 24.8. The number of hydrogen-bond acceptors (Lipinski definition) is 5. The Balaban J connectivity index is 2.08. The molecule has 2 rings (SSSR count).